The van der Waals surface area contributed by atoms with E-state index < -0.39 is 0 Å². The molecule has 1 nitrogen and oxygen atoms in total. The van der Waals surface area contributed by atoms with Gasteiger partial charge >= 0.3 is 0 Å². The zero-order chi connectivity index (χ0) is 10.9. The van der Waals surface area contributed by atoms with Crippen molar-refractivity contribution in [1.29, 1.82) is 0 Å². The number of benzene rings is 1. The van der Waals surface area contributed by atoms with Gasteiger partial charge in [-0.15, -0.1) is 0 Å². The Bertz CT molecular complexity index is 337. The van der Waals surface area contributed by atoms with Crippen molar-refractivity contribution >= 4 is 11.6 Å². The smallest absolute Gasteiger partial charge is 0.120 e. The molecule has 0 spiro atoms. The van der Waals surface area contributed by atoms with Gasteiger partial charge in [0.1, 0.15) is 5.75 Å². The molecule has 0 fully saturated rings. The van der Waals surface area contributed by atoms with Gasteiger partial charge < -0.3 is 5.11 Å². The van der Waals surface area contributed by atoms with Crippen LogP contribution in [0.4, 0.5) is 0 Å². The van der Waals surface area contributed by atoms with Crippen molar-refractivity contribution in [2.75, 3.05) is 0 Å². The fourth-order valence-corrected chi connectivity index (χ4v) is 1.91. The first kappa shape index (κ1) is 11.4. The van der Waals surface area contributed by atoms with Crippen LogP contribution in [0.1, 0.15) is 38.8 Å². The van der Waals surface area contributed by atoms with Crippen molar-refractivity contribution in [3.63, 3.8) is 0 Å². The highest BCUT2D eigenvalue weighted by atomic mass is 35.5. The maximum Gasteiger partial charge on any atom is 0.120 e. The van der Waals surface area contributed by atoms with Crippen LogP contribution >= 0.6 is 11.6 Å². The van der Waals surface area contributed by atoms with Crippen LogP contribution in [0.5, 0.6) is 5.75 Å². The highest BCUT2D eigenvalue weighted by Gasteiger charge is 2.18. The van der Waals surface area contributed by atoms with E-state index in [4.69, 9.17) is 11.6 Å². The Balaban J connectivity index is 3.32. The number of aromatic hydroxyl groups is 1. The topological polar surface area (TPSA) is 20.2 Å². The second-order valence-electron chi connectivity index (χ2n) is 4.56. The Kier molecular flexibility index (Phi) is 3.10. The Labute approximate surface area is 90.7 Å². The lowest BCUT2D eigenvalue weighted by molar-refractivity contribution is 0.467. The van der Waals surface area contributed by atoms with Gasteiger partial charge in [-0.25, -0.2) is 0 Å². The second-order valence-corrected chi connectivity index (χ2v) is 4.97. The van der Waals surface area contributed by atoms with Crippen LogP contribution in [-0.4, -0.2) is 5.11 Å². The van der Waals surface area contributed by atoms with Crippen molar-refractivity contribution in [3.05, 3.63) is 28.3 Å². The Morgan fingerprint density at radius 1 is 1.29 bits per heavy atom. The van der Waals surface area contributed by atoms with Gasteiger partial charge in [0, 0.05) is 5.02 Å². The maximum absolute atomic E-state index is 9.60. The van der Waals surface area contributed by atoms with Gasteiger partial charge in [-0.3, -0.25) is 0 Å². The molecule has 0 saturated heterocycles. The summed E-state index contributed by atoms with van der Waals surface area (Å²) in [6, 6.07) is 3.64. The van der Waals surface area contributed by atoms with E-state index >= 15 is 0 Å². The SMILES string of the molecule is CCc1cc(C(C)(C)C)c(Cl)cc1O. The number of hydrogen-bond donors (Lipinski definition) is 1. The second kappa shape index (κ2) is 3.82. The van der Waals surface area contributed by atoms with Crippen molar-refractivity contribution in [3.8, 4) is 5.75 Å². The summed E-state index contributed by atoms with van der Waals surface area (Å²) in [6.07, 6.45) is 0.825. The van der Waals surface area contributed by atoms with Crippen molar-refractivity contribution in [1.82, 2.24) is 0 Å². The van der Waals surface area contributed by atoms with E-state index in [1.54, 1.807) is 6.07 Å². The van der Waals surface area contributed by atoms with Crippen LogP contribution < -0.4 is 0 Å². The molecule has 0 heterocycles. The molecular formula is C12H17ClO. The average Bonchev–Trinajstić information content (AvgIpc) is 2.02. The van der Waals surface area contributed by atoms with Crippen LogP contribution in [-0.2, 0) is 11.8 Å². The fraction of sp³-hybridized carbons (Fsp3) is 0.500. The number of phenolic OH excluding ortho intramolecular Hbond substituents is 1. The van der Waals surface area contributed by atoms with Gasteiger partial charge in [0.05, 0.1) is 0 Å². The van der Waals surface area contributed by atoms with Crippen LogP contribution in [0.2, 0.25) is 5.02 Å². The summed E-state index contributed by atoms with van der Waals surface area (Å²) in [5.74, 6) is 0.297. The largest absolute Gasteiger partial charge is 0.508 e. The van der Waals surface area contributed by atoms with Gasteiger partial charge in [0.25, 0.3) is 0 Å². The third kappa shape index (κ3) is 2.21. The molecular weight excluding hydrogens is 196 g/mol. The van der Waals surface area contributed by atoms with Crippen LogP contribution in [0.25, 0.3) is 0 Å². The molecule has 1 aromatic carbocycles. The normalized spacial score (nSPS) is 11.8. The minimum Gasteiger partial charge on any atom is -0.508 e. The molecule has 78 valence electrons. The molecule has 0 unspecified atom stereocenters. The van der Waals surface area contributed by atoms with E-state index in [2.05, 4.69) is 20.8 Å². The average molecular weight is 213 g/mol. The monoisotopic (exact) mass is 212 g/mol. The lowest BCUT2D eigenvalue weighted by Gasteiger charge is -2.21. The predicted octanol–water partition coefficient (Wildman–Crippen LogP) is 3.91. The summed E-state index contributed by atoms with van der Waals surface area (Å²) in [5, 5.41) is 10.2. The molecule has 0 aliphatic carbocycles. The fourth-order valence-electron chi connectivity index (χ4n) is 1.47. The number of rotatable bonds is 1. The van der Waals surface area contributed by atoms with Crippen molar-refractivity contribution in [2.45, 2.75) is 39.5 Å². The Morgan fingerprint density at radius 2 is 1.86 bits per heavy atom. The van der Waals surface area contributed by atoms with E-state index in [9.17, 15) is 5.11 Å². The molecule has 0 amide bonds. The summed E-state index contributed by atoms with van der Waals surface area (Å²) < 4.78 is 0. The number of hydrogen-bond acceptors (Lipinski definition) is 1. The summed E-state index contributed by atoms with van der Waals surface area (Å²) >= 11 is 6.08. The number of aryl methyl sites for hydroxylation is 1. The van der Waals surface area contributed by atoms with Crippen LogP contribution in [0.3, 0.4) is 0 Å². The number of phenols is 1. The van der Waals surface area contributed by atoms with E-state index in [0.29, 0.717) is 10.8 Å². The first-order chi connectivity index (χ1) is 6.36. The summed E-state index contributed by atoms with van der Waals surface area (Å²) in [6.45, 7) is 8.37. The molecule has 1 N–H and O–H groups in total. The molecule has 0 radical (unpaired) electrons. The molecule has 0 aliphatic heterocycles. The summed E-state index contributed by atoms with van der Waals surface area (Å²) in [4.78, 5) is 0. The summed E-state index contributed by atoms with van der Waals surface area (Å²) in [5.41, 5.74) is 2.07. The van der Waals surface area contributed by atoms with Gasteiger partial charge in [-0.2, -0.15) is 0 Å². The summed E-state index contributed by atoms with van der Waals surface area (Å²) in [7, 11) is 0. The van der Waals surface area contributed by atoms with Gasteiger partial charge in [0.15, 0.2) is 0 Å². The Morgan fingerprint density at radius 3 is 2.29 bits per heavy atom. The molecule has 0 atom stereocenters. The lowest BCUT2D eigenvalue weighted by atomic mass is 9.85. The Hall–Kier alpha value is -0.690. The molecule has 0 bridgehead atoms. The highest BCUT2D eigenvalue weighted by molar-refractivity contribution is 6.31. The highest BCUT2D eigenvalue weighted by Crippen LogP contribution is 2.34. The van der Waals surface area contributed by atoms with Crippen molar-refractivity contribution < 1.29 is 5.11 Å². The van der Waals surface area contributed by atoms with E-state index in [1.807, 2.05) is 13.0 Å². The van der Waals surface area contributed by atoms with E-state index in [0.717, 1.165) is 17.5 Å². The minimum absolute atomic E-state index is 0.0225. The van der Waals surface area contributed by atoms with E-state index in [1.165, 1.54) is 0 Å². The quantitative estimate of drug-likeness (QED) is 0.749. The molecule has 1 aromatic rings. The zero-order valence-corrected chi connectivity index (χ0v) is 9.94. The standard InChI is InChI=1S/C12H17ClO/c1-5-8-6-9(12(2,3)4)10(13)7-11(8)14/h6-7,14H,5H2,1-4H3. The molecule has 0 aromatic heterocycles. The predicted molar refractivity (Wildman–Crippen MR) is 61.2 cm³/mol. The zero-order valence-electron chi connectivity index (χ0n) is 9.19. The first-order valence-electron chi connectivity index (χ1n) is 4.88. The van der Waals surface area contributed by atoms with Crippen molar-refractivity contribution in [2.24, 2.45) is 0 Å². The van der Waals surface area contributed by atoms with Gasteiger partial charge in [0.2, 0.25) is 0 Å². The molecule has 0 aliphatic rings. The third-order valence-electron chi connectivity index (χ3n) is 2.36. The van der Waals surface area contributed by atoms with E-state index in [-0.39, 0.29) is 5.41 Å². The van der Waals surface area contributed by atoms with Crippen LogP contribution in [0.15, 0.2) is 12.1 Å². The molecule has 1 rings (SSSR count). The minimum atomic E-state index is 0.0225. The number of halogens is 1. The molecule has 2 heteroatoms. The molecule has 0 saturated carbocycles. The van der Waals surface area contributed by atoms with Crippen LogP contribution in [0, 0.1) is 0 Å². The third-order valence-corrected chi connectivity index (χ3v) is 2.67. The van der Waals surface area contributed by atoms with Gasteiger partial charge in [-0.05, 0) is 29.0 Å². The lowest BCUT2D eigenvalue weighted by Crippen LogP contribution is -2.12. The first-order valence-corrected chi connectivity index (χ1v) is 5.26. The van der Waals surface area contributed by atoms with Gasteiger partial charge in [-0.1, -0.05) is 45.4 Å². The molecule has 14 heavy (non-hydrogen) atoms. The maximum atomic E-state index is 9.60.